The van der Waals surface area contributed by atoms with Crippen molar-refractivity contribution < 1.29 is 18.3 Å². The Hall–Kier alpha value is -3.37. The van der Waals surface area contributed by atoms with Crippen LogP contribution in [0, 0.1) is 12.7 Å². The van der Waals surface area contributed by atoms with Crippen molar-refractivity contribution in [3.63, 3.8) is 0 Å². The zero-order chi connectivity index (χ0) is 26.2. The summed E-state index contributed by atoms with van der Waals surface area (Å²) >= 11 is 0. The first-order valence-electron chi connectivity index (χ1n) is 13.3. The number of pyridine rings is 1. The van der Waals surface area contributed by atoms with E-state index in [1.54, 1.807) is 36.3 Å². The SMILES string of the molecule is Cc1cc(F)c(C(=O)NC2CC2)cc1-n1cc(-c2cncc(N[C@H]3CCN(C[C@H]4CCO4)C[C@H]3F)c2)cn1. The number of nitrogens with zero attached hydrogens (tertiary/aromatic N) is 4. The Kier molecular flexibility index (Phi) is 6.84. The van der Waals surface area contributed by atoms with E-state index in [2.05, 4.69) is 25.6 Å². The minimum absolute atomic E-state index is 0.00875. The number of alkyl halides is 1. The molecule has 38 heavy (non-hydrogen) atoms. The molecule has 0 bridgehead atoms. The Morgan fingerprint density at radius 1 is 1.13 bits per heavy atom. The lowest BCUT2D eigenvalue weighted by atomic mass is 10.0. The Morgan fingerprint density at radius 2 is 1.97 bits per heavy atom. The molecule has 0 unspecified atom stereocenters. The van der Waals surface area contributed by atoms with E-state index in [0.29, 0.717) is 24.2 Å². The fraction of sp³-hybridized carbons (Fsp3) is 0.464. The van der Waals surface area contributed by atoms with E-state index >= 15 is 0 Å². The smallest absolute Gasteiger partial charge is 0.254 e. The third-order valence-corrected chi connectivity index (χ3v) is 7.58. The Morgan fingerprint density at radius 3 is 2.71 bits per heavy atom. The van der Waals surface area contributed by atoms with E-state index < -0.39 is 17.9 Å². The van der Waals surface area contributed by atoms with Gasteiger partial charge in [-0.05, 0) is 56.4 Å². The van der Waals surface area contributed by atoms with Gasteiger partial charge in [-0.25, -0.2) is 13.5 Å². The van der Waals surface area contributed by atoms with Crippen LogP contribution in [0.1, 0.15) is 41.6 Å². The van der Waals surface area contributed by atoms with Crippen molar-refractivity contribution in [2.75, 3.05) is 31.6 Å². The summed E-state index contributed by atoms with van der Waals surface area (Å²) in [6.45, 7) is 4.62. The second-order valence-electron chi connectivity index (χ2n) is 10.6. The highest BCUT2D eigenvalue weighted by Gasteiger charge is 2.32. The Balaban J connectivity index is 1.15. The number of aryl methyl sites for hydroxylation is 1. The first-order chi connectivity index (χ1) is 18.4. The molecular weight excluding hydrogens is 490 g/mol. The zero-order valence-electron chi connectivity index (χ0n) is 21.4. The molecule has 3 aromatic rings. The molecule has 2 aliphatic heterocycles. The standard InChI is InChI=1S/C28H32F2N6O2/c1-17-8-24(29)23(28(37)34-20-2-3-20)10-27(17)36-14-19(12-32-36)18-9-21(13-31-11-18)33-26-4-6-35(16-25(26)30)15-22-5-7-38-22/h8-14,20,22,25-26,33H,2-7,15-16H2,1H3,(H,34,37)/t22-,25-,26+/m1/s1. The van der Waals surface area contributed by atoms with Gasteiger partial charge in [-0.2, -0.15) is 5.10 Å². The van der Waals surface area contributed by atoms with E-state index in [9.17, 15) is 13.6 Å². The van der Waals surface area contributed by atoms with Crippen LogP contribution in [-0.4, -0.2) is 76.2 Å². The predicted octanol–water partition coefficient (Wildman–Crippen LogP) is 3.89. The maximum atomic E-state index is 15.0. The van der Waals surface area contributed by atoms with Crippen molar-refractivity contribution in [3.05, 3.63) is 59.9 Å². The number of likely N-dealkylation sites (tertiary alicyclic amines) is 1. The quantitative estimate of drug-likeness (QED) is 0.467. The number of anilines is 1. The summed E-state index contributed by atoms with van der Waals surface area (Å²) < 4.78 is 36.7. The second-order valence-corrected chi connectivity index (χ2v) is 10.6. The predicted molar refractivity (Wildman–Crippen MR) is 140 cm³/mol. The van der Waals surface area contributed by atoms with Gasteiger partial charge in [0, 0.05) is 62.0 Å². The van der Waals surface area contributed by atoms with E-state index in [1.165, 1.54) is 6.07 Å². The number of halogens is 2. The fourth-order valence-corrected chi connectivity index (χ4v) is 5.08. The number of rotatable bonds is 8. The highest BCUT2D eigenvalue weighted by Crippen LogP contribution is 2.27. The largest absolute Gasteiger partial charge is 0.378 e. The van der Waals surface area contributed by atoms with Crippen molar-refractivity contribution in [2.24, 2.45) is 0 Å². The minimum Gasteiger partial charge on any atom is -0.378 e. The maximum Gasteiger partial charge on any atom is 0.254 e. The number of hydrogen-bond donors (Lipinski definition) is 2. The minimum atomic E-state index is -0.983. The number of piperidine rings is 1. The van der Waals surface area contributed by atoms with Crippen LogP contribution in [0.2, 0.25) is 0 Å². The van der Waals surface area contributed by atoms with E-state index in [0.717, 1.165) is 55.8 Å². The Labute approximate surface area is 220 Å². The van der Waals surface area contributed by atoms with Gasteiger partial charge in [0.05, 0.1) is 35.3 Å². The molecule has 6 rings (SSSR count). The number of hydrogen-bond acceptors (Lipinski definition) is 6. The summed E-state index contributed by atoms with van der Waals surface area (Å²) in [6.07, 6.45) is 9.83. The lowest BCUT2D eigenvalue weighted by Gasteiger charge is -2.39. The molecule has 8 nitrogen and oxygen atoms in total. The summed E-state index contributed by atoms with van der Waals surface area (Å²) in [5, 5.41) is 10.6. The molecule has 4 heterocycles. The molecule has 2 saturated heterocycles. The summed E-state index contributed by atoms with van der Waals surface area (Å²) in [5.41, 5.74) is 3.67. The number of aromatic nitrogens is 3. The number of benzene rings is 1. The van der Waals surface area contributed by atoms with Gasteiger partial charge in [0.2, 0.25) is 0 Å². The number of nitrogens with one attached hydrogen (secondary N) is 2. The summed E-state index contributed by atoms with van der Waals surface area (Å²) in [5.74, 6) is -0.955. The normalized spacial score (nSPS) is 23.6. The molecule has 1 aromatic carbocycles. The lowest BCUT2D eigenvalue weighted by Crippen LogP contribution is -2.51. The average Bonchev–Trinajstić information content (AvgIpc) is 3.55. The van der Waals surface area contributed by atoms with Crippen LogP contribution in [0.5, 0.6) is 0 Å². The van der Waals surface area contributed by atoms with Crippen molar-refractivity contribution in [3.8, 4) is 16.8 Å². The van der Waals surface area contributed by atoms with Crippen molar-refractivity contribution >= 4 is 11.6 Å². The average molecular weight is 523 g/mol. The van der Waals surface area contributed by atoms with Crippen LogP contribution in [0.25, 0.3) is 16.8 Å². The third kappa shape index (κ3) is 5.42. The molecule has 1 saturated carbocycles. The van der Waals surface area contributed by atoms with Crippen LogP contribution in [0.15, 0.2) is 43.0 Å². The molecule has 1 amide bonds. The van der Waals surface area contributed by atoms with Gasteiger partial charge >= 0.3 is 0 Å². The van der Waals surface area contributed by atoms with Crippen molar-refractivity contribution in [1.29, 1.82) is 0 Å². The van der Waals surface area contributed by atoms with Crippen molar-refractivity contribution in [1.82, 2.24) is 25.0 Å². The third-order valence-electron chi connectivity index (χ3n) is 7.58. The van der Waals surface area contributed by atoms with Crippen LogP contribution < -0.4 is 10.6 Å². The fourth-order valence-electron chi connectivity index (χ4n) is 5.08. The van der Waals surface area contributed by atoms with Crippen LogP contribution >= 0.6 is 0 Å². The molecule has 1 aliphatic carbocycles. The monoisotopic (exact) mass is 522 g/mol. The first kappa shape index (κ1) is 24.9. The molecule has 3 atom stereocenters. The Bertz CT molecular complexity index is 1320. The molecule has 200 valence electrons. The highest BCUT2D eigenvalue weighted by atomic mass is 19.1. The van der Waals surface area contributed by atoms with Gasteiger partial charge in [0.25, 0.3) is 5.91 Å². The van der Waals surface area contributed by atoms with Gasteiger partial charge in [0.15, 0.2) is 0 Å². The van der Waals surface area contributed by atoms with E-state index in [-0.39, 0.29) is 23.8 Å². The number of ether oxygens (including phenoxy) is 1. The number of amides is 1. The molecule has 3 fully saturated rings. The van der Waals surface area contributed by atoms with Crippen LogP contribution in [0.4, 0.5) is 14.5 Å². The molecule has 10 heteroatoms. The maximum absolute atomic E-state index is 15.0. The van der Waals surface area contributed by atoms with Gasteiger partial charge < -0.3 is 15.4 Å². The first-order valence-corrected chi connectivity index (χ1v) is 13.3. The summed E-state index contributed by atoms with van der Waals surface area (Å²) in [6, 6.07) is 4.69. The second kappa shape index (κ2) is 10.4. The molecule has 0 spiro atoms. The van der Waals surface area contributed by atoms with E-state index in [1.807, 2.05) is 12.3 Å². The topological polar surface area (TPSA) is 84.3 Å². The molecule has 2 N–H and O–H groups in total. The van der Waals surface area contributed by atoms with Crippen molar-refractivity contribution in [2.45, 2.75) is 57.0 Å². The number of carbonyl (C=O) groups excluding carboxylic acids is 1. The van der Waals surface area contributed by atoms with Crippen LogP contribution in [-0.2, 0) is 4.74 Å². The lowest BCUT2D eigenvalue weighted by molar-refractivity contribution is -0.0722. The van der Waals surface area contributed by atoms with Crippen LogP contribution in [0.3, 0.4) is 0 Å². The summed E-state index contributed by atoms with van der Waals surface area (Å²) in [4.78, 5) is 19.0. The summed E-state index contributed by atoms with van der Waals surface area (Å²) in [7, 11) is 0. The zero-order valence-corrected chi connectivity index (χ0v) is 21.4. The van der Waals surface area contributed by atoms with Gasteiger partial charge in [-0.1, -0.05) is 0 Å². The highest BCUT2D eigenvalue weighted by molar-refractivity contribution is 5.95. The molecule has 3 aliphatic rings. The van der Waals surface area contributed by atoms with Gasteiger partial charge in [-0.3, -0.25) is 14.7 Å². The van der Waals surface area contributed by atoms with Gasteiger partial charge in [0.1, 0.15) is 12.0 Å². The number of carbonyl (C=O) groups is 1. The van der Waals surface area contributed by atoms with E-state index in [4.69, 9.17) is 4.74 Å². The molecule has 0 radical (unpaired) electrons. The molecular formula is C28H32F2N6O2. The van der Waals surface area contributed by atoms with Gasteiger partial charge in [-0.15, -0.1) is 0 Å². The molecule has 2 aromatic heterocycles.